The summed E-state index contributed by atoms with van der Waals surface area (Å²) in [6.07, 6.45) is 0.774. The van der Waals surface area contributed by atoms with Crippen molar-refractivity contribution in [3.05, 3.63) is 71.7 Å². The molecule has 1 N–H and O–H groups in total. The Morgan fingerprint density at radius 3 is 2.62 bits per heavy atom. The van der Waals surface area contributed by atoms with Crippen molar-refractivity contribution < 1.29 is 27.4 Å². The number of nitrogens with zero attached hydrogens (tertiary/aromatic N) is 4. The van der Waals surface area contributed by atoms with E-state index in [4.69, 9.17) is 14.5 Å². The highest BCUT2D eigenvalue weighted by molar-refractivity contribution is 7.23. The van der Waals surface area contributed by atoms with Crippen LogP contribution in [0.15, 0.2) is 55.0 Å². The summed E-state index contributed by atoms with van der Waals surface area (Å²) in [5.74, 6) is -0.969. The van der Waals surface area contributed by atoms with Gasteiger partial charge in [0.2, 0.25) is 0 Å². The number of nitrogens with one attached hydrogen (secondary N) is 1. The summed E-state index contributed by atoms with van der Waals surface area (Å²) in [7, 11) is 1.62. The van der Waals surface area contributed by atoms with Gasteiger partial charge in [0.1, 0.15) is 10.8 Å². The van der Waals surface area contributed by atoms with Crippen LogP contribution in [0, 0.1) is 11.8 Å². The lowest BCUT2D eigenvalue weighted by Gasteiger charge is -2.39. The number of pyridine rings is 2. The van der Waals surface area contributed by atoms with E-state index in [0.29, 0.717) is 53.6 Å². The third-order valence-electron chi connectivity index (χ3n) is 8.47. The van der Waals surface area contributed by atoms with Crippen molar-refractivity contribution in [2.75, 3.05) is 61.6 Å². The number of carbonyl (C=O) groups is 1. The molecule has 0 aliphatic carbocycles. The largest absolute Gasteiger partial charge is 0.497 e. The van der Waals surface area contributed by atoms with Gasteiger partial charge in [0.05, 0.1) is 53.9 Å². The summed E-state index contributed by atoms with van der Waals surface area (Å²) >= 11 is 1.48. The predicted octanol–water partition coefficient (Wildman–Crippen LogP) is 6.60. The number of piperidine rings is 1. The fraction of sp³-hybridized carbons (Fsp3) is 0.424. The molecule has 0 amide bonds. The number of ketones is 1. The quantitative estimate of drug-likeness (QED) is 0.205. The van der Waals surface area contributed by atoms with E-state index in [1.165, 1.54) is 11.3 Å². The molecule has 2 atom stereocenters. The molecular formula is C33H36F3N5O3S. The highest BCUT2D eigenvalue weighted by Gasteiger charge is 2.44. The monoisotopic (exact) mass is 639 g/mol. The van der Waals surface area contributed by atoms with Crippen molar-refractivity contribution in [1.29, 1.82) is 0 Å². The first kappa shape index (κ1) is 31.1. The number of hydrogen-bond acceptors (Lipinski definition) is 9. The normalized spacial score (nSPS) is 19.1. The molecule has 0 bridgehead atoms. The standard InChI is InChI=1S/C33H36F3N5O3S/c1-21-13-24(33(34,35)36)20-41(19-21)27-7-8-37-17-23(27)14-28(42)30-31-29(15-25(18-38-31)40-9-11-44-12-10-40)45-32(30)39-16-22-3-5-26(43-2)6-4-22/h3-8,15,17-18,21,24,39H,9-14,16,19-20H2,1-2H3/t21-,24+/m0/s1. The Labute approximate surface area is 264 Å². The molecule has 0 spiro atoms. The van der Waals surface area contributed by atoms with E-state index in [1.807, 2.05) is 31.2 Å². The second kappa shape index (κ2) is 13.2. The first-order valence-electron chi connectivity index (χ1n) is 15.1. The maximum Gasteiger partial charge on any atom is 0.393 e. The van der Waals surface area contributed by atoms with Gasteiger partial charge in [0.15, 0.2) is 5.78 Å². The van der Waals surface area contributed by atoms with E-state index >= 15 is 0 Å². The molecule has 3 aromatic heterocycles. The molecule has 6 rings (SSSR count). The Morgan fingerprint density at radius 2 is 1.89 bits per heavy atom. The molecule has 2 aliphatic rings. The zero-order chi connectivity index (χ0) is 31.6. The van der Waals surface area contributed by atoms with E-state index in [1.54, 1.807) is 36.7 Å². The SMILES string of the molecule is COc1ccc(CNc2sc3cc(N4CCOCC4)cnc3c2C(=O)Cc2cnccc2N2C[C@@H](C)C[C@@H](C(F)(F)F)C2)cc1. The second-order valence-electron chi connectivity index (χ2n) is 11.7. The predicted molar refractivity (Wildman–Crippen MR) is 171 cm³/mol. The van der Waals surface area contributed by atoms with Gasteiger partial charge in [0, 0.05) is 62.8 Å². The Bertz CT molecular complexity index is 1640. The molecule has 2 fully saturated rings. The molecule has 45 heavy (non-hydrogen) atoms. The zero-order valence-electron chi connectivity index (χ0n) is 25.3. The molecule has 1 aromatic carbocycles. The summed E-state index contributed by atoms with van der Waals surface area (Å²) < 4.78 is 52.9. The summed E-state index contributed by atoms with van der Waals surface area (Å²) in [4.78, 5) is 27.2. The lowest BCUT2D eigenvalue weighted by atomic mass is 9.89. The molecule has 5 heterocycles. The average molecular weight is 640 g/mol. The van der Waals surface area contributed by atoms with Crippen LogP contribution in [0.2, 0.25) is 0 Å². The average Bonchev–Trinajstić information content (AvgIpc) is 3.42. The zero-order valence-corrected chi connectivity index (χ0v) is 26.1. The smallest absolute Gasteiger partial charge is 0.393 e. The van der Waals surface area contributed by atoms with Crippen molar-refractivity contribution in [3.63, 3.8) is 0 Å². The molecule has 0 radical (unpaired) electrons. The molecule has 4 aromatic rings. The second-order valence-corrected chi connectivity index (χ2v) is 12.8. The number of carbonyl (C=O) groups excluding carboxylic acids is 1. The summed E-state index contributed by atoms with van der Waals surface area (Å²) in [6.45, 7) is 5.49. The van der Waals surface area contributed by atoms with E-state index < -0.39 is 12.1 Å². The van der Waals surface area contributed by atoms with Crippen LogP contribution in [-0.4, -0.2) is 68.4 Å². The van der Waals surface area contributed by atoms with Gasteiger partial charge in [-0.25, -0.2) is 0 Å². The van der Waals surface area contributed by atoms with E-state index in [9.17, 15) is 18.0 Å². The number of aromatic nitrogens is 2. The molecule has 2 aliphatic heterocycles. The Morgan fingerprint density at radius 1 is 1.11 bits per heavy atom. The van der Waals surface area contributed by atoms with Gasteiger partial charge in [-0.1, -0.05) is 19.1 Å². The minimum atomic E-state index is -4.28. The molecule has 0 saturated carbocycles. The number of alkyl halides is 3. The van der Waals surface area contributed by atoms with Gasteiger partial charge in [-0.2, -0.15) is 13.2 Å². The summed E-state index contributed by atoms with van der Waals surface area (Å²) in [6, 6.07) is 11.5. The highest BCUT2D eigenvalue weighted by atomic mass is 32.1. The first-order chi connectivity index (χ1) is 21.7. The third-order valence-corrected chi connectivity index (χ3v) is 9.56. The lowest BCUT2D eigenvalue weighted by Crippen LogP contribution is -2.45. The van der Waals surface area contributed by atoms with Gasteiger partial charge in [-0.3, -0.25) is 14.8 Å². The number of methoxy groups -OCH3 is 1. The number of fused-ring (bicyclic) bond motifs is 1. The summed E-state index contributed by atoms with van der Waals surface area (Å²) in [5.41, 5.74) is 4.29. The first-order valence-corrected chi connectivity index (χ1v) is 15.9. The number of anilines is 3. The number of ether oxygens (including phenoxy) is 2. The fourth-order valence-electron chi connectivity index (χ4n) is 6.18. The van der Waals surface area contributed by atoms with E-state index in [0.717, 1.165) is 34.8 Å². The third kappa shape index (κ3) is 7.01. The van der Waals surface area contributed by atoms with Crippen LogP contribution in [0.25, 0.3) is 10.2 Å². The minimum Gasteiger partial charge on any atom is -0.497 e. The number of morpholine rings is 1. The highest BCUT2D eigenvalue weighted by Crippen LogP contribution is 2.40. The maximum atomic E-state index is 14.2. The fourth-order valence-corrected chi connectivity index (χ4v) is 7.29. The maximum absolute atomic E-state index is 14.2. The van der Waals surface area contributed by atoms with Gasteiger partial charge >= 0.3 is 6.18 Å². The Hall–Kier alpha value is -3.90. The minimum absolute atomic E-state index is 0.0132. The topological polar surface area (TPSA) is 79.8 Å². The Balaban J connectivity index is 1.31. The molecular weight excluding hydrogens is 603 g/mol. The Kier molecular flexibility index (Phi) is 9.14. The molecule has 12 heteroatoms. The van der Waals surface area contributed by atoms with Crippen molar-refractivity contribution in [2.45, 2.75) is 32.5 Å². The van der Waals surface area contributed by atoms with Crippen molar-refractivity contribution in [2.24, 2.45) is 11.8 Å². The van der Waals surface area contributed by atoms with Gasteiger partial charge in [-0.05, 0) is 42.2 Å². The number of rotatable bonds is 9. The van der Waals surface area contributed by atoms with Crippen LogP contribution in [0.4, 0.5) is 29.5 Å². The van der Waals surface area contributed by atoms with Crippen molar-refractivity contribution in [1.82, 2.24) is 9.97 Å². The number of hydrogen-bond donors (Lipinski definition) is 1. The van der Waals surface area contributed by atoms with Crippen LogP contribution in [-0.2, 0) is 17.7 Å². The van der Waals surface area contributed by atoms with E-state index in [2.05, 4.69) is 21.3 Å². The molecule has 0 unspecified atom stereocenters. The number of thiophene rings is 1. The molecule has 238 valence electrons. The van der Waals surface area contributed by atoms with Crippen molar-refractivity contribution >= 4 is 43.7 Å². The van der Waals surface area contributed by atoms with Crippen LogP contribution >= 0.6 is 11.3 Å². The lowest BCUT2D eigenvalue weighted by molar-refractivity contribution is -0.178. The van der Waals surface area contributed by atoms with Crippen molar-refractivity contribution in [3.8, 4) is 5.75 Å². The molecule has 2 saturated heterocycles. The van der Waals surface area contributed by atoms with E-state index in [-0.39, 0.29) is 31.1 Å². The molecule has 8 nitrogen and oxygen atoms in total. The van der Waals surface area contributed by atoms with Crippen LogP contribution in [0.3, 0.4) is 0 Å². The van der Waals surface area contributed by atoms with Gasteiger partial charge in [0.25, 0.3) is 0 Å². The number of halogens is 3. The van der Waals surface area contributed by atoms with Crippen LogP contribution in [0.1, 0.15) is 34.8 Å². The van der Waals surface area contributed by atoms with Crippen LogP contribution in [0.5, 0.6) is 5.75 Å². The van der Waals surface area contributed by atoms with Gasteiger partial charge < -0.3 is 24.6 Å². The summed E-state index contributed by atoms with van der Waals surface area (Å²) in [5, 5.41) is 4.16. The number of benzene rings is 1. The van der Waals surface area contributed by atoms with Crippen LogP contribution < -0.4 is 19.9 Å². The number of Topliss-reactive ketones (excluding diaryl/α,β-unsaturated/α-hetero) is 1. The van der Waals surface area contributed by atoms with Gasteiger partial charge in [-0.15, -0.1) is 11.3 Å².